The summed E-state index contributed by atoms with van der Waals surface area (Å²) in [7, 11) is 0. The number of hydrogen-bond donors (Lipinski definition) is 2. The van der Waals surface area contributed by atoms with Crippen molar-refractivity contribution in [1.82, 2.24) is 0 Å². The Morgan fingerprint density at radius 2 is 0.971 bits per heavy atom. The molecule has 0 radical (unpaired) electrons. The normalized spacial score (nSPS) is 11.0. The number of benzene rings is 2. The largest absolute Gasteiger partial charge is 0.465 e. The molecule has 0 spiro atoms. The van der Waals surface area contributed by atoms with Crippen molar-refractivity contribution in [2.75, 3.05) is 26.4 Å². The first-order chi connectivity index (χ1) is 16.6. The summed E-state index contributed by atoms with van der Waals surface area (Å²) in [5.41, 5.74) is 6.85. The highest BCUT2D eigenvalue weighted by Gasteiger charge is 2.31. The molecule has 2 rings (SSSR count). The van der Waals surface area contributed by atoms with Crippen molar-refractivity contribution in [2.45, 2.75) is 40.5 Å². The molecule has 2 aromatic carbocycles. The Kier molecular flexibility index (Phi) is 19.3. The zero-order chi connectivity index (χ0) is 26.6. The first kappa shape index (κ1) is 33.8. The molecule has 0 aromatic heterocycles. The third-order valence-corrected chi connectivity index (χ3v) is 10.1. The van der Waals surface area contributed by atoms with Crippen molar-refractivity contribution in [3.8, 4) is 0 Å². The third kappa shape index (κ3) is 17.8. The molecule has 0 heterocycles. The summed E-state index contributed by atoms with van der Waals surface area (Å²) in [6.45, 7) is 3.09. The van der Waals surface area contributed by atoms with Gasteiger partial charge in [0.05, 0.1) is 26.4 Å². The summed E-state index contributed by atoms with van der Waals surface area (Å²) in [4.78, 5) is 8.78. The maximum absolute atomic E-state index is 8.78. The molecule has 8 nitrogen and oxygen atoms in total. The van der Waals surface area contributed by atoms with Gasteiger partial charge in [-0.05, 0) is 75.3 Å². The second kappa shape index (κ2) is 19.9. The van der Waals surface area contributed by atoms with Gasteiger partial charge in [-0.3, -0.25) is 0 Å². The van der Waals surface area contributed by atoms with Gasteiger partial charge in [-0.25, -0.2) is 9.11 Å². The van der Waals surface area contributed by atoms with Gasteiger partial charge in [0.2, 0.25) is 0 Å². The minimum atomic E-state index is -2.87. The van der Waals surface area contributed by atoms with Crippen LogP contribution in [0.1, 0.15) is 38.8 Å². The van der Waals surface area contributed by atoms with Gasteiger partial charge in [-0.15, -0.1) is 0 Å². The molecule has 0 aliphatic heterocycles. The molecule has 0 aliphatic rings. The maximum Gasteiger partial charge on any atom is 0.402 e. The van der Waals surface area contributed by atoms with Crippen LogP contribution < -0.4 is 5.73 Å². The van der Waals surface area contributed by atoms with Crippen molar-refractivity contribution in [1.29, 1.82) is 0 Å². The second-order valence-electron chi connectivity index (χ2n) is 6.46. The molecule has 0 bridgehead atoms. The van der Waals surface area contributed by atoms with E-state index in [0.29, 0.717) is 26.4 Å². The smallest absolute Gasteiger partial charge is 0.402 e. The number of aryl methyl sites for hydroxylation is 2. The number of carbonyl (C=O) groups is 1. The van der Waals surface area contributed by atoms with Crippen LogP contribution in [0, 0.1) is 0 Å². The van der Waals surface area contributed by atoms with Crippen molar-refractivity contribution < 1.29 is 32.3 Å². The van der Waals surface area contributed by atoms with Gasteiger partial charge in [0.15, 0.2) is 0 Å². The molecular weight excluding hydrogens is 528 g/mol. The molecule has 1 amide bonds. The number of rotatable bonds is 13. The zero-order valence-electron chi connectivity index (χ0n) is 20.7. The molecule has 0 atom stereocenters. The van der Waals surface area contributed by atoms with Gasteiger partial charge in [-0.2, -0.15) is 0 Å². The van der Waals surface area contributed by atoms with Crippen LogP contribution in [0.25, 0.3) is 0 Å². The molecule has 0 fully saturated rings. The van der Waals surface area contributed by atoms with Gasteiger partial charge in [0, 0.05) is 0 Å². The van der Waals surface area contributed by atoms with E-state index in [2.05, 4.69) is 66.4 Å². The van der Waals surface area contributed by atoms with E-state index >= 15 is 0 Å². The molecule has 0 unspecified atom stereocenters. The van der Waals surface area contributed by atoms with Crippen molar-refractivity contribution >= 4 is 43.1 Å². The third-order valence-electron chi connectivity index (χ3n) is 3.74. The lowest BCUT2D eigenvalue weighted by Crippen LogP contribution is -2.03. The average Bonchev–Trinajstić information content (AvgIpc) is 2.79. The highest BCUT2D eigenvalue weighted by atomic mass is 32.5. The highest BCUT2D eigenvalue weighted by Crippen LogP contribution is 2.66. The Hall–Kier alpha value is -1.19. The lowest BCUT2D eigenvalue weighted by atomic mass is 10.0. The van der Waals surface area contributed by atoms with E-state index in [1.165, 1.54) is 11.1 Å². The van der Waals surface area contributed by atoms with Crippen molar-refractivity contribution in [3.63, 3.8) is 0 Å². The predicted octanol–water partition coefficient (Wildman–Crippen LogP) is 6.69. The molecule has 3 N–H and O–H groups in total. The van der Waals surface area contributed by atoms with Gasteiger partial charge in [0.1, 0.15) is 0 Å². The number of hydrogen-bond acceptors (Lipinski definition) is 8. The fourth-order valence-corrected chi connectivity index (χ4v) is 8.87. The van der Waals surface area contributed by atoms with E-state index < -0.39 is 19.5 Å². The van der Waals surface area contributed by atoms with Gasteiger partial charge < -0.3 is 28.9 Å². The fraction of sp³-hybridized carbons (Fsp3) is 0.435. The molecule has 0 saturated heterocycles. The molecule has 35 heavy (non-hydrogen) atoms. The van der Waals surface area contributed by atoms with Crippen molar-refractivity contribution in [3.05, 3.63) is 71.8 Å². The van der Waals surface area contributed by atoms with Crippen molar-refractivity contribution in [2.24, 2.45) is 5.73 Å². The van der Waals surface area contributed by atoms with Crippen LogP contribution in [0.15, 0.2) is 60.7 Å². The van der Waals surface area contributed by atoms with Crippen LogP contribution in [0.3, 0.4) is 0 Å². The zero-order valence-corrected chi connectivity index (χ0v) is 24.1. The van der Waals surface area contributed by atoms with Crippen LogP contribution in [0.2, 0.25) is 0 Å². The predicted molar refractivity (Wildman–Crippen MR) is 149 cm³/mol. The first-order valence-corrected chi connectivity index (χ1v) is 16.3. The Balaban J connectivity index is 0.000000578. The summed E-state index contributed by atoms with van der Waals surface area (Å²) >= 11 is 10.4. The van der Waals surface area contributed by atoms with E-state index in [-0.39, 0.29) is 0 Å². The molecule has 0 saturated carbocycles. The lowest BCUT2D eigenvalue weighted by Gasteiger charge is -2.27. The maximum atomic E-state index is 8.78. The van der Waals surface area contributed by atoms with Crippen LogP contribution in [0.5, 0.6) is 0 Å². The Morgan fingerprint density at radius 3 is 1.20 bits per heavy atom. The van der Waals surface area contributed by atoms with Crippen LogP contribution in [0.4, 0.5) is 4.79 Å². The summed E-state index contributed by atoms with van der Waals surface area (Å²) in [6.07, 6.45) is 0.926. The SMILES string of the molecule is CCOP(=S)(OCC)OP(=S)(OCC)OCC.NC(=O)O.c1ccc(CCc2ccccc2)cc1. The topological polar surface area (TPSA) is 109 Å². The number of amides is 1. The van der Waals surface area contributed by atoms with E-state index in [1.807, 2.05) is 27.7 Å². The molecule has 12 heteroatoms. The van der Waals surface area contributed by atoms with E-state index in [1.54, 1.807) is 0 Å². The first-order valence-electron chi connectivity index (χ1n) is 11.2. The number of carboxylic acid groups (broad SMARTS) is 1. The number of nitrogens with two attached hydrogens (primary N) is 1. The van der Waals surface area contributed by atoms with E-state index in [4.69, 9.17) is 55.9 Å². The lowest BCUT2D eigenvalue weighted by molar-refractivity contribution is 0.176. The van der Waals surface area contributed by atoms with E-state index in [9.17, 15) is 0 Å². The Morgan fingerprint density at radius 1 is 0.714 bits per heavy atom. The van der Waals surface area contributed by atoms with Gasteiger partial charge in [-0.1, -0.05) is 60.7 Å². The van der Waals surface area contributed by atoms with E-state index in [0.717, 1.165) is 12.8 Å². The summed E-state index contributed by atoms with van der Waals surface area (Å²) in [5, 5.41) is 7.19. The second-order valence-corrected chi connectivity index (χ2v) is 12.6. The minimum absolute atomic E-state index is 0.394. The van der Waals surface area contributed by atoms with Gasteiger partial charge >= 0.3 is 19.5 Å². The number of primary amides is 1. The summed E-state index contributed by atoms with van der Waals surface area (Å²) in [6, 6.07) is 21.2. The van der Waals surface area contributed by atoms with Crippen LogP contribution >= 0.6 is 13.4 Å². The fourth-order valence-electron chi connectivity index (χ4n) is 2.50. The Bertz CT molecular complexity index is 814. The molecule has 0 aliphatic carbocycles. The molecular formula is C23H37NO7P2S2. The standard InChI is InChI=1S/C14H14.C8H20O5P2S2.CH3NO2/c1-3-7-13(8-4-1)11-12-14-9-5-2-6-10-14;1-5-9-14(16,10-6-2)13-15(17,11-7-3)12-8-4;2-1(3)4/h1-10H,11-12H2;5-8H2,1-4H3;2H2,(H,3,4). The molecule has 2 aromatic rings. The monoisotopic (exact) mass is 565 g/mol. The van der Waals surface area contributed by atoms with Crippen LogP contribution in [-0.2, 0) is 58.9 Å². The average molecular weight is 566 g/mol. The molecule has 198 valence electrons. The van der Waals surface area contributed by atoms with Gasteiger partial charge in [0.25, 0.3) is 0 Å². The summed E-state index contributed by atoms with van der Waals surface area (Å²) < 4.78 is 26.9. The highest BCUT2D eigenvalue weighted by molar-refractivity contribution is 8.14. The van der Waals surface area contributed by atoms with Crippen LogP contribution in [-0.4, -0.2) is 37.6 Å². The summed E-state index contributed by atoms with van der Waals surface area (Å²) in [5.74, 6) is 0. The Labute approximate surface area is 219 Å². The minimum Gasteiger partial charge on any atom is -0.465 e. The quantitative estimate of drug-likeness (QED) is 0.257.